The average molecular weight is 209 g/mol. The number of carboxylic acid groups (broad SMARTS) is 1. The molecule has 15 heavy (non-hydrogen) atoms. The predicted octanol–water partition coefficient (Wildman–Crippen LogP) is 1.02. The summed E-state index contributed by atoms with van der Waals surface area (Å²) in [5.74, 6) is -3.52. The Hall–Kier alpha value is -1.91. The molecule has 5 heteroatoms. The second kappa shape index (κ2) is 3.34. The third-order valence-electron chi connectivity index (χ3n) is 2.40. The summed E-state index contributed by atoms with van der Waals surface area (Å²) in [6, 6.07) is 4.26. The van der Waals surface area contributed by atoms with Crippen LogP contribution in [0.4, 0.5) is 10.1 Å². The molecule has 1 amide bonds. The molecular formula is C10H8FNO3. The number of amides is 1. The third-order valence-corrected chi connectivity index (χ3v) is 2.40. The molecule has 1 heterocycles. The summed E-state index contributed by atoms with van der Waals surface area (Å²) in [5.41, 5.74) is 0.613. The van der Waals surface area contributed by atoms with Crippen molar-refractivity contribution in [2.45, 2.75) is 6.42 Å². The first-order chi connectivity index (χ1) is 7.09. The van der Waals surface area contributed by atoms with E-state index in [1.165, 1.54) is 12.1 Å². The molecule has 2 N–H and O–H groups in total. The number of rotatable bonds is 1. The van der Waals surface area contributed by atoms with E-state index in [9.17, 15) is 14.0 Å². The Labute approximate surface area is 84.7 Å². The van der Waals surface area contributed by atoms with E-state index < -0.39 is 23.6 Å². The summed E-state index contributed by atoms with van der Waals surface area (Å²) < 4.78 is 13.3. The van der Waals surface area contributed by atoms with Crippen molar-refractivity contribution in [3.63, 3.8) is 0 Å². The van der Waals surface area contributed by atoms with Gasteiger partial charge in [-0.3, -0.25) is 9.59 Å². The van der Waals surface area contributed by atoms with Crippen LogP contribution >= 0.6 is 0 Å². The quantitative estimate of drug-likeness (QED) is 0.678. The van der Waals surface area contributed by atoms with Gasteiger partial charge >= 0.3 is 5.97 Å². The van der Waals surface area contributed by atoms with Crippen molar-refractivity contribution in [3.8, 4) is 0 Å². The molecule has 0 aromatic heterocycles. The number of carboxylic acids is 1. The van der Waals surface area contributed by atoms with Crippen LogP contribution in [0, 0.1) is 11.7 Å². The Morgan fingerprint density at radius 3 is 2.93 bits per heavy atom. The number of halogens is 1. The largest absolute Gasteiger partial charge is 0.481 e. The summed E-state index contributed by atoms with van der Waals surface area (Å²) in [4.78, 5) is 22.0. The minimum Gasteiger partial charge on any atom is -0.481 e. The molecule has 1 aliphatic heterocycles. The first-order valence-electron chi connectivity index (χ1n) is 4.40. The Morgan fingerprint density at radius 1 is 1.53 bits per heavy atom. The van der Waals surface area contributed by atoms with E-state index in [1.807, 2.05) is 0 Å². The number of nitrogens with one attached hydrogen (secondary N) is 1. The zero-order chi connectivity index (χ0) is 11.0. The highest BCUT2D eigenvalue weighted by atomic mass is 19.1. The number of aliphatic carboxylic acids is 1. The number of fused-ring (bicyclic) bond motifs is 1. The summed E-state index contributed by atoms with van der Waals surface area (Å²) in [6.07, 6.45) is -0.0941. The number of anilines is 1. The summed E-state index contributed by atoms with van der Waals surface area (Å²) >= 11 is 0. The molecule has 0 radical (unpaired) electrons. The van der Waals surface area contributed by atoms with Gasteiger partial charge in [0.25, 0.3) is 0 Å². The van der Waals surface area contributed by atoms with Crippen LogP contribution in [0.3, 0.4) is 0 Å². The second-order valence-corrected chi connectivity index (χ2v) is 3.35. The fourth-order valence-corrected chi connectivity index (χ4v) is 1.60. The van der Waals surface area contributed by atoms with Gasteiger partial charge in [-0.1, -0.05) is 6.07 Å². The summed E-state index contributed by atoms with van der Waals surface area (Å²) in [5, 5.41) is 11.1. The molecule has 0 saturated carbocycles. The van der Waals surface area contributed by atoms with Crippen LogP contribution in [0.2, 0.25) is 0 Å². The topological polar surface area (TPSA) is 66.4 Å². The van der Waals surface area contributed by atoms with Crippen LogP contribution in [-0.2, 0) is 16.0 Å². The van der Waals surface area contributed by atoms with Gasteiger partial charge in [0.05, 0.1) is 0 Å². The Bertz CT molecular complexity index is 444. The molecule has 0 spiro atoms. The van der Waals surface area contributed by atoms with Crippen molar-refractivity contribution in [2.75, 3.05) is 5.32 Å². The van der Waals surface area contributed by atoms with Crippen LogP contribution in [0.5, 0.6) is 0 Å². The van der Waals surface area contributed by atoms with Crippen LogP contribution in [-0.4, -0.2) is 17.0 Å². The van der Waals surface area contributed by atoms with Crippen LogP contribution in [0.25, 0.3) is 0 Å². The van der Waals surface area contributed by atoms with E-state index in [0.29, 0.717) is 5.69 Å². The fourth-order valence-electron chi connectivity index (χ4n) is 1.60. The Balaban J connectivity index is 2.43. The summed E-state index contributed by atoms with van der Waals surface area (Å²) in [7, 11) is 0. The number of carbonyl (C=O) groups excluding carboxylic acids is 1. The molecule has 1 atom stereocenters. The number of hydrogen-bond donors (Lipinski definition) is 2. The Kier molecular flexibility index (Phi) is 2.15. The minimum absolute atomic E-state index is 0.0941. The van der Waals surface area contributed by atoms with Gasteiger partial charge in [-0.15, -0.1) is 0 Å². The normalized spacial score (nSPS) is 19.3. The Morgan fingerprint density at radius 2 is 2.27 bits per heavy atom. The molecule has 78 valence electrons. The molecular weight excluding hydrogens is 201 g/mol. The van der Waals surface area contributed by atoms with Crippen molar-refractivity contribution in [2.24, 2.45) is 5.92 Å². The second-order valence-electron chi connectivity index (χ2n) is 3.35. The van der Waals surface area contributed by atoms with Crippen molar-refractivity contribution in [1.29, 1.82) is 0 Å². The minimum atomic E-state index is -1.23. The van der Waals surface area contributed by atoms with Crippen molar-refractivity contribution >= 4 is 17.6 Å². The zero-order valence-corrected chi connectivity index (χ0v) is 7.66. The van der Waals surface area contributed by atoms with Crippen LogP contribution in [0.1, 0.15) is 5.56 Å². The monoisotopic (exact) mass is 209 g/mol. The lowest BCUT2D eigenvalue weighted by Crippen LogP contribution is -2.35. The van der Waals surface area contributed by atoms with Gasteiger partial charge in [-0.25, -0.2) is 4.39 Å². The van der Waals surface area contributed by atoms with Crippen molar-refractivity contribution in [1.82, 2.24) is 0 Å². The highest BCUT2D eigenvalue weighted by Gasteiger charge is 2.33. The van der Waals surface area contributed by atoms with Crippen molar-refractivity contribution < 1.29 is 19.1 Å². The van der Waals surface area contributed by atoms with E-state index in [-0.39, 0.29) is 12.0 Å². The van der Waals surface area contributed by atoms with Gasteiger partial charge in [0.1, 0.15) is 11.7 Å². The van der Waals surface area contributed by atoms with Crippen LogP contribution in [0.15, 0.2) is 18.2 Å². The standard InChI is InChI=1S/C10H8FNO3/c11-7-2-1-3-8-5(7)4-6(10(14)15)9(13)12-8/h1-3,6H,4H2,(H,12,13)(H,14,15). The van der Waals surface area contributed by atoms with E-state index in [2.05, 4.69) is 5.32 Å². The summed E-state index contributed by atoms with van der Waals surface area (Å²) in [6.45, 7) is 0. The maximum Gasteiger partial charge on any atom is 0.316 e. The first-order valence-corrected chi connectivity index (χ1v) is 4.40. The van der Waals surface area contributed by atoms with Crippen molar-refractivity contribution in [3.05, 3.63) is 29.6 Å². The maximum atomic E-state index is 13.3. The fraction of sp³-hybridized carbons (Fsp3) is 0.200. The molecule has 2 rings (SSSR count). The van der Waals surface area contributed by atoms with E-state index in [0.717, 1.165) is 0 Å². The molecule has 1 unspecified atom stereocenters. The molecule has 4 nitrogen and oxygen atoms in total. The molecule has 1 aromatic carbocycles. The molecule has 0 aliphatic carbocycles. The molecule has 1 aliphatic rings. The lowest BCUT2D eigenvalue weighted by molar-refractivity contribution is -0.145. The number of hydrogen-bond acceptors (Lipinski definition) is 2. The van der Waals surface area contributed by atoms with E-state index in [4.69, 9.17) is 5.11 Å². The van der Waals surface area contributed by atoms with Crippen LogP contribution < -0.4 is 5.32 Å². The zero-order valence-electron chi connectivity index (χ0n) is 7.66. The smallest absolute Gasteiger partial charge is 0.316 e. The van der Waals surface area contributed by atoms with Gasteiger partial charge < -0.3 is 10.4 Å². The highest BCUT2D eigenvalue weighted by molar-refractivity contribution is 6.06. The number of carbonyl (C=O) groups is 2. The van der Waals surface area contributed by atoms with Gasteiger partial charge in [0.15, 0.2) is 0 Å². The SMILES string of the molecule is O=C(O)C1Cc2c(F)cccc2NC1=O. The number of benzene rings is 1. The lowest BCUT2D eigenvalue weighted by Gasteiger charge is -2.21. The van der Waals surface area contributed by atoms with Gasteiger partial charge in [0, 0.05) is 11.3 Å². The first kappa shape index (κ1) is 9.64. The molecule has 0 fully saturated rings. The van der Waals surface area contributed by atoms with Gasteiger partial charge in [-0.05, 0) is 18.6 Å². The molecule has 0 bridgehead atoms. The maximum absolute atomic E-state index is 13.3. The predicted molar refractivity (Wildman–Crippen MR) is 49.9 cm³/mol. The lowest BCUT2D eigenvalue weighted by atomic mass is 9.93. The van der Waals surface area contributed by atoms with E-state index in [1.54, 1.807) is 6.07 Å². The average Bonchev–Trinajstić information content (AvgIpc) is 2.16. The third kappa shape index (κ3) is 1.56. The van der Waals surface area contributed by atoms with Gasteiger partial charge in [-0.2, -0.15) is 0 Å². The van der Waals surface area contributed by atoms with Gasteiger partial charge in [0.2, 0.25) is 5.91 Å². The highest BCUT2D eigenvalue weighted by Crippen LogP contribution is 2.27. The van der Waals surface area contributed by atoms with E-state index >= 15 is 0 Å². The molecule has 0 saturated heterocycles. The molecule has 1 aromatic rings.